The molecular formula is C29H32ClN5O3. The van der Waals surface area contributed by atoms with Crippen LogP contribution in [0.1, 0.15) is 37.5 Å². The second kappa shape index (κ2) is 11.6. The molecule has 9 heteroatoms. The van der Waals surface area contributed by atoms with Gasteiger partial charge >= 0.3 is 0 Å². The van der Waals surface area contributed by atoms with Crippen LogP contribution in [-0.4, -0.2) is 42.9 Å². The molecule has 0 radical (unpaired) electrons. The number of benzene rings is 3. The van der Waals surface area contributed by atoms with Crippen molar-refractivity contribution in [1.82, 2.24) is 10.6 Å². The molecule has 3 atom stereocenters. The van der Waals surface area contributed by atoms with E-state index < -0.39 is 18.1 Å². The lowest BCUT2D eigenvalue weighted by atomic mass is 9.98. The summed E-state index contributed by atoms with van der Waals surface area (Å²) in [6.07, 6.45) is 0. The second-order valence-corrected chi connectivity index (χ2v) is 9.45. The van der Waals surface area contributed by atoms with E-state index in [1.54, 1.807) is 44.0 Å². The van der Waals surface area contributed by atoms with E-state index in [1.807, 2.05) is 43.3 Å². The Morgan fingerprint density at radius 1 is 1.11 bits per heavy atom. The number of amides is 3. The first kappa shape index (κ1) is 28.6. The summed E-state index contributed by atoms with van der Waals surface area (Å²) in [6, 6.07) is 16.9. The fourth-order valence-electron chi connectivity index (χ4n) is 4.90. The van der Waals surface area contributed by atoms with E-state index in [-0.39, 0.29) is 36.7 Å². The summed E-state index contributed by atoms with van der Waals surface area (Å²) < 4.78 is 0. The summed E-state index contributed by atoms with van der Waals surface area (Å²) in [5, 5.41) is 17.4. The average Bonchev–Trinajstić information content (AvgIpc) is 2.97. The van der Waals surface area contributed by atoms with Crippen LogP contribution in [0.3, 0.4) is 0 Å². The smallest absolute Gasteiger partial charge is 0.252 e. The van der Waals surface area contributed by atoms with Crippen LogP contribution in [0.25, 0.3) is 10.8 Å². The van der Waals surface area contributed by atoms with Crippen LogP contribution in [0, 0.1) is 18.3 Å². The van der Waals surface area contributed by atoms with Gasteiger partial charge in [0.2, 0.25) is 11.8 Å². The number of likely N-dealkylation sites (N-methyl/N-ethyl adjacent to an activating group) is 1. The minimum absolute atomic E-state index is 0. The fraction of sp³-hybridized carbons (Fsp3) is 0.310. The van der Waals surface area contributed by atoms with Gasteiger partial charge in [0.25, 0.3) is 5.91 Å². The van der Waals surface area contributed by atoms with E-state index in [0.29, 0.717) is 16.9 Å². The Morgan fingerprint density at radius 2 is 1.82 bits per heavy atom. The summed E-state index contributed by atoms with van der Waals surface area (Å²) >= 11 is 0. The highest BCUT2D eigenvalue weighted by molar-refractivity contribution is 6.09. The summed E-state index contributed by atoms with van der Waals surface area (Å²) in [7, 11) is 1.67. The summed E-state index contributed by atoms with van der Waals surface area (Å²) in [4.78, 5) is 43.2. The van der Waals surface area contributed by atoms with Crippen LogP contribution in [0.15, 0.2) is 54.6 Å². The van der Waals surface area contributed by atoms with E-state index in [9.17, 15) is 19.6 Å². The first-order chi connectivity index (χ1) is 17.7. The van der Waals surface area contributed by atoms with Crippen LogP contribution in [0.4, 0.5) is 11.4 Å². The van der Waals surface area contributed by atoms with Gasteiger partial charge in [0.15, 0.2) is 0 Å². The van der Waals surface area contributed by atoms with Gasteiger partial charge in [-0.15, -0.1) is 12.4 Å². The zero-order valence-electron chi connectivity index (χ0n) is 22.1. The molecule has 0 bridgehead atoms. The molecule has 1 unspecified atom stereocenters. The Kier molecular flexibility index (Phi) is 8.77. The minimum Gasteiger partial charge on any atom is -0.341 e. The Labute approximate surface area is 229 Å². The summed E-state index contributed by atoms with van der Waals surface area (Å²) in [6.45, 7) is 7.10. The average molecular weight is 534 g/mol. The number of nitrogens with zero attached hydrogens (tertiary/aromatic N) is 3. The van der Waals surface area contributed by atoms with Crippen molar-refractivity contribution >= 4 is 52.3 Å². The molecule has 0 saturated carbocycles. The summed E-state index contributed by atoms with van der Waals surface area (Å²) in [5.74, 6) is -0.965. The molecule has 38 heavy (non-hydrogen) atoms. The van der Waals surface area contributed by atoms with Crippen LogP contribution in [0.2, 0.25) is 0 Å². The SMILES string of the molecule is CNC(C)C(=O)N[C@@H]1C(=O)N(Cc2c(C)ccc3ccccc23)c2ccc(C#N)cc2N(C(C)=O)[C@H]1C.Cl. The quantitative estimate of drug-likeness (QED) is 0.518. The molecule has 0 aliphatic carbocycles. The lowest BCUT2D eigenvalue weighted by Crippen LogP contribution is -2.59. The first-order valence-corrected chi connectivity index (χ1v) is 12.3. The van der Waals surface area contributed by atoms with Gasteiger partial charge in [-0.2, -0.15) is 5.26 Å². The molecule has 1 heterocycles. The van der Waals surface area contributed by atoms with Gasteiger partial charge in [-0.1, -0.05) is 36.4 Å². The van der Waals surface area contributed by atoms with Crippen molar-refractivity contribution in [2.45, 2.75) is 52.4 Å². The Hall–Kier alpha value is -3.93. The number of rotatable bonds is 5. The largest absolute Gasteiger partial charge is 0.341 e. The van der Waals surface area contributed by atoms with Crippen molar-refractivity contribution in [1.29, 1.82) is 5.26 Å². The molecule has 4 rings (SSSR count). The van der Waals surface area contributed by atoms with Crippen molar-refractivity contribution in [3.63, 3.8) is 0 Å². The monoisotopic (exact) mass is 533 g/mol. The lowest BCUT2D eigenvalue weighted by Gasteiger charge is -2.32. The van der Waals surface area contributed by atoms with Gasteiger partial charge in [0.1, 0.15) is 6.04 Å². The standard InChI is InChI=1S/C29H31N5O3.ClH/c1-17-10-12-22-8-6-7-9-23(22)24(17)16-33-25-13-11-21(15-30)14-26(25)34(20(4)35)19(3)27(29(33)37)32-28(36)18(2)31-5;/h6-14,18-19,27,31H,16H2,1-5H3,(H,32,36);1H/t18?,19-,27-;/m0./s1. The summed E-state index contributed by atoms with van der Waals surface area (Å²) in [5.41, 5.74) is 3.34. The highest BCUT2D eigenvalue weighted by Crippen LogP contribution is 2.38. The third kappa shape index (κ3) is 5.21. The van der Waals surface area contributed by atoms with Crippen LogP contribution >= 0.6 is 12.4 Å². The molecule has 1 aliphatic rings. The zero-order valence-corrected chi connectivity index (χ0v) is 22.9. The molecule has 3 aromatic rings. The molecule has 8 nitrogen and oxygen atoms in total. The van der Waals surface area contributed by atoms with Crippen LogP contribution in [0.5, 0.6) is 0 Å². The topological polar surface area (TPSA) is 106 Å². The number of anilines is 2. The van der Waals surface area contributed by atoms with E-state index in [1.165, 1.54) is 11.8 Å². The van der Waals surface area contributed by atoms with Crippen molar-refractivity contribution in [2.24, 2.45) is 0 Å². The van der Waals surface area contributed by atoms with E-state index in [4.69, 9.17) is 0 Å². The molecule has 1 aliphatic heterocycles. The van der Waals surface area contributed by atoms with Gasteiger partial charge < -0.3 is 20.4 Å². The third-order valence-corrected chi connectivity index (χ3v) is 7.13. The molecule has 0 aromatic heterocycles. The fourth-order valence-corrected chi connectivity index (χ4v) is 4.90. The van der Waals surface area contributed by atoms with Crippen LogP contribution < -0.4 is 20.4 Å². The van der Waals surface area contributed by atoms with Crippen molar-refractivity contribution in [2.75, 3.05) is 16.8 Å². The lowest BCUT2D eigenvalue weighted by molar-refractivity contribution is -0.129. The normalized spacial score (nSPS) is 17.6. The molecule has 0 saturated heterocycles. The second-order valence-electron chi connectivity index (χ2n) is 9.45. The molecule has 0 fully saturated rings. The van der Waals surface area contributed by atoms with E-state index in [0.717, 1.165) is 21.9 Å². The number of carbonyl (C=O) groups excluding carboxylic acids is 3. The number of carbonyl (C=O) groups is 3. The number of hydrogen-bond acceptors (Lipinski definition) is 5. The first-order valence-electron chi connectivity index (χ1n) is 12.3. The maximum atomic E-state index is 14.2. The van der Waals surface area contributed by atoms with Crippen molar-refractivity contribution in [3.8, 4) is 6.07 Å². The van der Waals surface area contributed by atoms with Gasteiger partial charge in [0, 0.05) is 6.92 Å². The highest BCUT2D eigenvalue weighted by atomic mass is 35.5. The molecule has 3 aromatic carbocycles. The van der Waals surface area contributed by atoms with Gasteiger partial charge in [0.05, 0.1) is 41.6 Å². The van der Waals surface area contributed by atoms with E-state index in [2.05, 4.69) is 16.7 Å². The number of nitrogens with one attached hydrogen (secondary N) is 2. The van der Waals surface area contributed by atoms with Crippen molar-refractivity contribution in [3.05, 3.63) is 71.3 Å². The van der Waals surface area contributed by atoms with Crippen molar-refractivity contribution < 1.29 is 14.4 Å². The maximum absolute atomic E-state index is 14.2. The third-order valence-electron chi connectivity index (χ3n) is 7.13. The molecule has 2 N–H and O–H groups in total. The Morgan fingerprint density at radius 3 is 2.47 bits per heavy atom. The molecular weight excluding hydrogens is 502 g/mol. The number of halogens is 1. The number of fused-ring (bicyclic) bond motifs is 2. The maximum Gasteiger partial charge on any atom is 0.252 e. The van der Waals surface area contributed by atoms with E-state index >= 15 is 0 Å². The molecule has 0 spiro atoms. The van der Waals surface area contributed by atoms with Crippen LogP contribution in [-0.2, 0) is 20.9 Å². The zero-order chi connectivity index (χ0) is 26.9. The van der Waals surface area contributed by atoms with Gasteiger partial charge in [-0.3, -0.25) is 14.4 Å². The Bertz CT molecular complexity index is 1430. The minimum atomic E-state index is -1.000. The highest BCUT2D eigenvalue weighted by Gasteiger charge is 2.42. The number of hydrogen-bond donors (Lipinski definition) is 2. The predicted molar refractivity (Wildman–Crippen MR) is 151 cm³/mol. The van der Waals surface area contributed by atoms with Gasteiger partial charge in [-0.25, -0.2) is 0 Å². The Balaban J connectivity index is 0.00000400. The number of aryl methyl sites for hydroxylation is 1. The predicted octanol–water partition coefficient (Wildman–Crippen LogP) is 3.82. The molecule has 3 amide bonds. The number of nitriles is 1. The van der Waals surface area contributed by atoms with Gasteiger partial charge in [-0.05, 0) is 67.9 Å². The molecule has 198 valence electrons.